The summed E-state index contributed by atoms with van der Waals surface area (Å²) < 4.78 is 18.7. The summed E-state index contributed by atoms with van der Waals surface area (Å²) in [5.74, 6) is 2.51. The van der Waals surface area contributed by atoms with Gasteiger partial charge in [-0.1, -0.05) is 58.4 Å². The Hall–Kier alpha value is -0.463. The van der Waals surface area contributed by atoms with Crippen molar-refractivity contribution in [3.63, 3.8) is 0 Å². The molecule has 0 spiro atoms. The van der Waals surface area contributed by atoms with Gasteiger partial charge >= 0.3 is 0 Å². The van der Waals surface area contributed by atoms with E-state index in [2.05, 4.69) is 86.7 Å². The predicted molar refractivity (Wildman–Crippen MR) is 178 cm³/mol. The summed E-state index contributed by atoms with van der Waals surface area (Å²) >= 11 is 0. The van der Waals surface area contributed by atoms with Gasteiger partial charge in [-0.25, -0.2) is 0 Å². The molecule has 9 atom stereocenters. The second-order valence-corrected chi connectivity index (χ2v) is 22.2. The molecule has 4 aliphatic carbocycles. The summed E-state index contributed by atoms with van der Waals surface area (Å²) in [4.78, 5) is 0. The maximum atomic E-state index is 11.9. The molecule has 3 fully saturated rings. The standard InChI is InChI=1S/C37H66O4Si/c1-13-39-26(2)40-34(6,7)21-14-22-37(10,38)32-18-17-30-29-16-15-27-25-28(41-42(11,12)33(3,4)5)19-23-35(27,8)31(29)20-24-36(30,32)9/h14-15,22,26,28-32,38H,13,16-21,23-25H2,1-12H3/b22-14+/t26?,28-,29-,30-,31-,32-,35-,36-,37+/m0/s1. The van der Waals surface area contributed by atoms with E-state index >= 15 is 0 Å². The third kappa shape index (κ3) is 6.71. The monoisotopic (exact) mass is 602 g/mol. The molecule has 0 aromatic carbocycles. The zero-order chi connectivity index (χ0) is 31.4. The van der Waals surface area contributed by atoms with Gasteiger partial charge in [0.15, 0.2) is 14.6 Å². The van der Waals surface area contributed by atoms with Crippen LogP contribution in [0.5, 0.6) is 0 Å². The van der Waals surface area contributed by atoms with Crippen molar-refractivity contribution in [1.29, 1.82) is 0 Å². The highest BCUT2D eigenvalue weighted by Crippen LogP contribution is 2.67. The van der Waals surface area contributed by atoms with Crippen molar-refractivity contribution in [2.45, 2.75) is 169 Å². The van der Waals surface area contributed by atoms with Crippen LogP contribution >= 0.6 is 0 Å². The average Bonchev–Trinajstić information content (AvgIpc) is 3.21. The van der Waals surface area contributed by atoms with Gasteiger partial charge in [0.1, 0.15) is 0 Å². The number of fused-ring (bicyclic) bond motifs is 5. The molecule has 4 nitrogen and oxygen atoms in total. The molecule has 4 rings (SSSR count). The minimum Gasteiger partial charge on any atom is -0.414 e. The number of hydrogen-bond acceptors (Lipinski definition) is 4. The second kappa shape index (κ2) is 12.0. The number of allylic oxidation sites excluding steroid dienone is 1. The maximum absolute atomic E-state index is 11.9. The zero-order valence-corrected chi connectivity index (χ0v) is 30.4. The Kier molecular flexibility index (Phi) is 9.87. The van der Waals surface area contributed by atoms with E-state index in [-0.39, 0.29) is 22.3 Å². The lowest BCUT2D eigenvalue weighted by Gasteiger charge is -2.59. The number of hydrogen-bond donors (Lipinski definition) is 1. The minimum atomic E-state index is -1.76. The third-order valence-corrected chi connectivity index (χ3v) is 17.5. The van der Waals surface area contributed by atoms with E-state index in [0.717, 1.165) is 31.1 Å². The van der Waals surface area contributed by atoms with Crippen molar-refractivity contribution in [2.24, 2.45) is 34.5 Å². The van der Waals surface area contributed by atoms with E-state index in [4.69, 9.17) is 13.9 Å². The van der Waals surface area contributed by atoms with E-state index in [0.29, 0.717) is 30.0 Å². The number of ether oxygens (including phenoxy) is 2. The predicted octanol–water partition coefficient (Wildman–Crippen LogP) is 9.83. The Bertz CT molecular complexity index is 1010. The van der Waals surface area contributed by atoms with Crippen LogP contribution in [0.2, 0.25) is 18.1 Å². The highest BCUT2D eigenvalue weighted by molar-refractivity contribution is 6.74. The van der Waals surface area contributed by atoms with Crippen LogP contribution < -0.4 is 0 Å². The van der Waals surface area contributed by atoms with Gasteiger partial charge in [-0.05, 0) is 145 Å². The molecule has 4 aliphatic rings. The fourth-order valence-electron chi connectivity index (χ4n) is 9.75. The van der Waals surface area contributed by atoms with Gasteiger partial charge in [0.05, 0.1) is 11.2 Å². The van der Waals surface area contributed by atoms with Gasteiger partial charge in [-0.3, -0.25) is 0 Å². The summed E-state index contributed by atoms with van der Waals surface area (Å²) in [5.41, 5.74) is 1.07. The van der Waals surface area contributed by atoms with Crippen LogP contribution in [0.25, 0.3) is 0 Å². The average molecular weight is 603 g/mol. The fraction of sp³-hybridized carbons (Fsp3) is 0.892. The largest absolute Gasteiger partial charge is 0.414 e. The number of rotatable bonds is 10. The molecule has 1 unspecified atom stereocenters. The summed E-state index contributed by atoms with van der Waals surface area (Å²) in [5, 5.41) is 12.2. The van der Waals surface area contributed by atoms with Crippen LogP contribution in [0.4, 0.5) is 0 Å². The molecule has 1 N–H and O–H groups in total. The van der Waals surface area contributed by atoms with Crippen LogP contribution in [0.3, 0.4) is 0 Å². The van der Waals surface area contributed by atoms with Crippen molar-refractivity contribution >= 4 is 8.32 Å². The maximum Gasteiger partial charge on any atom is 0.192 e. The normalized spacial score (nSPS) is 37.9. The highest BCUT2D eigenvalue weighted by Gasteiger charge is 2.61. The molecule has 3 saturated carbocycles. The van der Waals surface area contributed by atoms with Gasteiger partial charge in [0.2, 0.25) is 0 Å². The summed E-state index contributed by atoms with van der Waals surface area (Å²) in [6, 6.07) is 0. The van der Waals surface area contributed by atoms with Crippen LogP contribution in [0, 0.1) is 34.5 Å². The third-order valence-electron chi connectivity index (χ3n) is 13.0. The summed E-state index contributed by atoms with van der Waals surface area (Å²) in [6.45, 7) is 27.9. The summed E-state index contributed by atoms with van der Waals surface area (Å²) in [7, 11) is -1.76. The lowest BCUT2D eigenvalue weighted by molar-refractivity contribution is -0.187. The molecule has 0 amide bonds. The van der Waals surface area contributed by atoms with Crippen molar-refractivity contribution in [3.05, 3.63) is 23.8 Å². The molecule has 0 bridgehead atoms. The first kappa shape index (κ1) is 34.4. The lowest BCUT2D eigenvalue weighted by Crippen LogP contribution is -2.53. The van der Waals surface area contributed by atoms with Crippen LogP contribution in [0.15, 0.2) is 23.8 Å². The molecule has 5 heteroatoms. The first-order valence-electron chi connectivity index (χ1n) is 17.3. The van der Waals surface area contributed by atoms with Crippen molar-refractivity contribution in [2.75, 3.05) is 6.61 Å². The Balaban J connectivity index is 1.44. The molecule has 0 aliphatic heterocycles. The molecular formula is C37H66O4Si. The minimum absolute atomic E-state index is 0.189. The molecule has 0 heterocycles. The van der Waals surface area contributed by atoms with Gasteiger partial charge in [-0.15, -0.1) is 0 Å². The van der Waals surface area contributed by atoms with Crippen LogP contribution in [-0.4, -0.2) is 43.6 Å². The highest BCUT2D eigenvalue weighted by atomic mass is 28.4. The molecule has 0 saturated heterocycles. The Labute approximate surface area is 260 Å². The molecule has 242 valence electrons. The first-order chi connectivity index (χ1) is 19.3. The van der Waals surface area contributed by atoms with Crippen molar-refractivity contribution < 1.29 is 19.0 Å². The summed E-state index contributed by atoms with van der Waals surface area (Å²) in [6.07, 6.45) is 17.6. The smallest absolute Gasteiger partial charge is 0.192 e. The Morgan fingerprint density at radius 1 is 1.02 bits per heavy atom. The lowest BCUT2D eigenvalue weighted by atomic mass is 9.47. The molecule has 0 aromatic rings. The topological polar surface area (TPSA) is 47.9 Å². The molecule has 42 heavy (non-hydrogen) atoms. The van der Waals surface area contributed by atoms with Crippen molar-refractivity contribution in [1.82, 2.24) is 0 Å². The van der Waals surface area contributed by atoms with Gasteiger partial charge in [-0.2, -0.15) is 0 Å². The zero-order valence-electron chi connectivity index (χ0n) is 29.4. The Morgan fingerprint density at radius 2 is 1.71 bits per heavy atom. The van der Waals surface area contributed by atoms with Crippen LogP contribution in [0.1, 0.15) is 127 Å². The molecule has 0 aromatic heterocycles. The van der Waals surface area contributed by atoms with Gasteiger partial charge < -0.3 is 19.0 Å². The quantitative estimate of drug-likeness (QED) is 0.154. The van der Waals surface area contributed by atoms with E-state index in [1.165, 1.54) is 38.5 Å². The van der Waals surface area contributed by atoms with E-state index in [1.54, 1.807) is 5.57 Å². The van der Waals surface area contributed by atoms with Gasteiger partial charge in [0.25, 0.3) is 0 Å². The molecule has 0 radical (unpaired) electrons. The van der Waals surface area contributed by atoms with Crippen LogP contribution in [-0.2, 0) is 13.9 Å². The Morgan fingerprint density at radius 3 is 2.36 bits per heavy atom. The fourth-order valence-corrected chi connectivity index (χ4v) is 11.1. The van der Waals surface area contributed by atoms with E-state index in [1.807, 2.05) is 13.8 Å². The second-order valence-electron chi connectivity index (χ2n) is 17.4. The molecular weight excluding hydrogens is 536 g/mol. The SMILES string of the molecule is CCOC(C)OC(C)(C)C/C=C/[C@@](C)(O)[C@H]1CC[C@H]2[C@@H]3CC=C4C[C@@H](O[Si](C)(C)C(C)(C)C)CC[C@]4(C)[C@H]3CC[C@@]21C. The van der Waals surface area contributed by atoms with E-state index < -0.39 is 13.9 Å². The van der Waals surface area contributed by atoms with Crippen molar-refractivity contribution in [3.8, 4) is 0 Å². The number of aliphatic hydroxyl groups is 1. The van der Waals surface area contributed by atoms with E-state index in [9.17, 15) is 5.11 Å². The first-order valence-corrected chi connectivity index (χ1v) is 20.2. The van der Waals surface area contributed by atoms with Gasteiger partial charge in [0, 0.05) is 12.7 Å².